The number of morpholine rings is 1. The minimum Gasteiger partial charge on any atom is -0.378 e. The zero-order chi connectivity index (χ0) is 7.40. The van der Waals surface area contributed by atoms with Crippen molar-refractivity contribution >= 4 is 0 Å². The molecule has 0 radical (unpaired) electrons. The van der Waals surface area contributed by atoms with E-state index in [0.29, 0.717) is 6.04 Å². The van der Waals surface area contributed by atoms with Crippen molar-refractivity contribution in [3.05, 3.63) is 0 Å². The number of nitrogens with one attached hydrogen (secondary N) is 1. The Morgan fingerprint density at radius 3 is 2.90 bits per heavy atom. The van der Waals surface area contributed by atoms with Crippen LogP contribution in [-0.4, -0.2) is 51.3 Å². The lowest BCUT2D eigenvalue weighted by Gasteiger charge is -2.26. The van der Waals surface area contributed by atoms with Crippen LogP contribution in [0.25, 0.3) is 0 Å². The Hall–Kier alpha value is -0.120. The number of ether oxygens (including phenoxy) is 1. The van der Waals surface area contributed by atoms with E-state index in [0.717, 1.165) is 26.3 Å². The van der Waals surface area contributed by atoms with Crippen molar-refractivity contribution in [2.45, 2.75) is 6.04 Å². The maximum Gasteiger partial charge on any atom is 0.0632 e. The van der Waals surface area contributed by atoms with E-state index in [2.05, 4.69) is 24.3 Å². The first-order chi connectivity index (χ1) is 4.79. The molecule has 0 amide bonds. The highest BCUT2D eigenvalue weighted by Gasteiger charge is 2.12. The summed E-state index contributed by atoms with van der Waals surface area (Å²) in [5.41, 5.74) is 0. The highest BCUT2D eigenvalue weighted by molar-refractivity contribution is 4.71. The van der Waals surface area contributed by atoms with Crippen LogP contribution < -0.4 is 5.32 Å². The summed E-state index contributed by atoms with van der Waals surface area (Å²) in [6.07, 6.45) is 0. The summed E-state index contributed by atoms with van der Waals surface area (Å²) in [7, 11) is 4.16. The van der Waals surface area contributed by atoms with Crippen LogP contribution in [0, 0.1) is 0 Å². The van der Waals surface area contributed by atoms with Gasteiger partial charge in [-0.1, -0.05) is 0 Å². The summed E-state index contributed by atoms with van der Waals surface area (Å²) in [5.74, 6) is 0. The SMILES string of the molecule is CN(C)C[C@@H]1COCCN1. The number of likely N-dealkylation sites (N-methyl/N-ethyl adjacent to an activating group) is 1. The molecule has 0 spiro atoms. The molecule has 10 heavy (non-hydrogen) atoms. The van der Waals surface area contributed by atoms with Gasteiger partial charge in [0.1, 0.15) is 0 Å². The second-order valence-electron chi connectivity index (χ2n) is 2.99. The largest absolute Gasteiger partial charge is 0.378 e. The summed E-state index contributed by atoms with van der Waals surface area (Å²) < 4.78 is 5.29. The lowest BCUT2D eigenvalue weighted by molar-refractivity contribution is 0.0680. The number of hydrogen-bond acceptors (Lipinski definition) is 3. The number of rotatable bonds is 2. The number of nitrogens with zero attached hydrogens (tertiary/aromatic N) is 1. The summed E-state index contributed by atoms with van der Waals surface area (Å²) in [5, 5.41) is 3.38. The predicted molar refractivity (Wildman–Crippen MR) is 41.2 cm³/mol. The van der Waals surface area contributed by atoms with E-state index in [1.165, 1.54) is 0 Å². The minimum absolute atomic E-state index is 0.531. The molecule has 0 saturated carbocycles. The van der Waals surface area contributed by atoms with Gasteiger partial charge in [0.05, 0.1) is 13.2 Å². The third-order valence-corrected chi connectivity index (χ3v) is 1.58. The molecule has 60 valence electrons. The first kappa shape index (κ1) is 7.98. The fourth-order valence-electron chi connectivity index (χ4n) is 1.18. The molecule has 3 nitrogen and oxygen atoms in total. The third-order valence-electron chi connectivity index (χ3n) is 1.58. The Balaban J connectivity index is 2.13. The fourth-order valence-corrected chi connectivity index (χ4v) is 1.18. The first-order valence-corrected chi connectivity index (χ1v) is 3.75. The third kappa shape index (κ3) is 2.64. The van der Waals surface area contributed by atoms with Crippen LogP contribution in [0.15, 0.2) is 0 Å². The molecule has 3 heteroatoms. The summed E-state index contributed by atoms with van der Waals surface area (Å²) in [4.78, 5) is 2.17. The van der Waals surface area contributed by atoms with Crippen LogP contribution in [0.4, 0.5) is 0 Å². The molecule has 1 saturated heterocycles. The molecule has 1 N–H and O–H groups in total. The zero-order valence-corrected chi connectivity index (χ0v) is 6.76. The smallest absolute Gasteiger partial charge is 0.0632 e. The van der Waals surface area contributed by atoms with E-state index in [1.807, 2.05) is 0 Å². The Bertz CT molecular complexity index is 89.6. The Kier molecular flexibility index (Phi) is 3.12. The van der Waals surface area contributed by atoms with Gasteiger partial charge in [0.15, 0.2) is 0 Å². The predicted octanol–water partition coefficient (Wildman–Crippen LogP) is -0.464. The van der Waals surface area contributed by atoms with E-state index >= 15 is 0 Å². The molecule has 1 heterocycles. The van der Waals surface area contributed by atoms with E-state index in [4.69, 9.17) is 4.74 Å². The average molecular weight is 144 g/mol. The molecule has 1 rings (SSSR count). The van der Waals surface area contributed by atoms with Crippen molar-refractivity contribution < 1.29 is 4.74 Å². The molecule has 0 bridgehead atoms. The maximum absolute atomic E-state index is 5.29. The van der Waals surface area contributed by atoms with Gasteiger partial charge in [-0.05, 0) is 14.1 Å². The quantitative estimate of drug-likeness (QED) is 0.567. The average Bonchev–Trinajstić information content (AvgIpc) is 1.88. The number of hydrogen-bond donors (Lipinski definition) is 1. The molecule has 1 aliphatic rings. The fraction of sp³-hybridized carbons (Fsp3) is 1.00. The van der Waals surface area contributed by atoms with Crippen molar-refractivity contribution in [2.24, 2.45) is 0 Å². The van der Waals surface area contributed by atoms with E-state index in [-0.39, 0.29) is 0 Å². The maximum atomic E-state index is 5.29. The van der Waals surface area contributed by atoms with Gasteiger partial charge in [-0.25, -0.2) is 0 Å². The summed E-state index contributed by atoms with van der Waals surface area (Å²) in [6.45, 7) is 3.79. The Morgan fingerprint density at radius 2 is 2.40 bits per heavy atom. The molecule has 0 aromatic carbocycles. The van der Waals surface area contributed by atoms with Crippen LogP contribution in [0.1, 0.15) is 0 Å². The molecule has 1 atom stereocenters. The topological polar surface area (TPSA) is 24.5 Å². The minimum atomic E-state index is 0.531. The van der Waals surface area contributed by atoms with Crippen LogP contribution in [0.5, 0.6) is 0 Å². The van der Waals surface area contributed by atoms with Crippen LogP contribution in [-0.2, 0) is 4.74 Å². The van der Waals surface area contributed by atoms with Gasteiger partial charge in [-0.15, -0.1) is 0 Å². The molecular weight excluding hydrogens is 128 g/mol. The highest BCUT2D eigenvalue weighted by Crippen LogP contribution is 1.93. The van der Waals surface area contributed by atoms with Gasteiger partial charge < -0.3 is 15.0 Å². The second-order valence-corrected chi connectivity index (χ2v) is 2.99. The van der Waals surface area contributed by atoms with Gasteiger partial charge in [0.2, 0.25) is 0 Å². The van der Waals surface area contributed by atoms with Crippen molar-refractivity contribution in [2.75, 3.05) is 40.4 Å². The highest BCUT2D eigenvalue weighted by atomic mass is 16.5. The molecule has 0 aromatic heterocycles. The molecule has 1 aliphatic heterocycles. The zero-order valence-electron chi connectivity index (χ0n) is 6.76. The van der Waals surface area contributed by atoms with Crippen LogP contribution >= 0.6 is 0 Å². The lowest BCUT2D eigenvalue weighted by Crippen LogP contribution is -2.46. The van der Waals surface area contributed by atoms with Crippen LogP contribution in [0.2, 0.25) is 0 Å². The van der Waals surface area contributed by atoms with Gasteiger partial charge in [0, 0.05) is 19.1 Å². The first-order valence-electron chi connectivity index (χ1n) is 3.75. The molecule has 0 aliphatic carbocycles. The van der Waals surface area contributed by atoms with Gasteiger partial charge in [0.25, 0.3) is 0 Å². The molecule has 1 fully saturated rings. The van der Waals surface area contributed by atoms with E-state index in [1.54, 1.807) is 0 Å². The Morgan fingerprint density at radius 1 is 1.60 bits per heavy atom. The standard InChI is InChI=1S/C7H16N2O/c1-9(2)5-7-6-10-4-3-8-7/h7-8H,3-6H2,1-2H3/t7-/m1/s1. The lowest BCUT2D eigenvalue weighted by atomic mass is 10.3. The van der Waals surface area contributed by atoms with Crippen molar-refractivity contribution in [3.63, 3.8) is 0 Å². The van der Waals surface area contributed by atoms with Gasteiger partial charge >= 0.3 is 0 Å². The normalized spacial score (nSPS) is 27.3. The monoisotopic (exact) mass is 144 g/mol. The van der Waals surface area contributed by atoms with Gasteiger partial charge in [-0.2, -0.15) is 0 Å². The van der Waals surface area contributed by atoms with E-state index < -0.39 is 0 Å². The molecule has 0 aromatic rings. The van der Waals surface area contributed by atoms with Crippen LogP contribution in [0.3, 0.4) is 0 Å². The van der Waals surface area contributed by atoms with Crippen molar-refractivity contribution in [1.82, 2.24) is 10.2 Å². The second kappa shape index (κ2) is 3.91. The summed E-state index contributed by atoms with van der Waals surface area (Å²) in [6, 6.07) is 0.531. The van der Waals surface area contributed by atoms with Crippen molar-refractivity contribution in [1.29, 1.82) is 0 Å². The van der Waals surface area contributed by atoms with E-state index in [9.17, 15) is 0 Å². The molecule has 0 unspecified atom stereocenters. The van der Waals surface area contributed by atoms with Crippen molar-refractivity contribution in [3.8, 4) is 0 Å². The Labute approximate surface area is 62.3 Å². The van der Waals surface area contributed by atoms with Gasteiger partial charge in [-0.3, -0.25) is 0 Å². The molecular formula is C7H16N2O. The summed E-state index contributed by atoms with van der Waals surface area (Å²) >= 11 is 0.